The maximum Gasteiger partial charge on any atom is 0.496 e. The highest BCUT2D eigenvalue weighted by atomic mass is 19.4. The quantitative estimate of drug-likeness (QED) is 0.453. The third kappa shape index (κ3) is 2.99. The van der Waals surface area contributed by atoms with Crippen LogP contribution >= 0.6 is 0 Å². The fourth-order valence-corrected chi connectivity index (χ4v) is 0.442. The van der Waals surface area contributed by atoms with E-state index in [4.69, 9.17) is 0 Å². The number of rotatable bonds is 0. The van der Waals surface area contributed by atoms with E-state index in [1.165, 1.54) is 0 Å². The van der Waals surface area contributed by atoms with Gasteiger partial charge in [0.15, 0.2) is 0 Å². The Bertz CT molecular complexity index is 182. The van der Waals surface area contributed by atoms with Gasteiger partial charge in [0, 0.05) is 0 Å². The van der Waals surface area contributed by atoms with Gasteiger partial charge in [-0.1, -0.05) is 0 Å². The topological polar surface area (TPSA) is 29.5 Å². The van der Waals surface area contributed by atoms with Crippen molar-refractivity contribution in [2.45, 2.75) is 12.6 Å². The minimum Gasteiger partial charge on any atom is -0.452 e. The fourth-order valence-electron chi connectivity index (χ4n) is 0.442. The average Bonchev–Trinajstić information content (AvgIpc) is 1.80. The Kier molecular flexibility index (Phi) is 3.01. The Morgan fingerprint density at radius 3 is 1.46 bits per heavy atom. The third-order valence-electron chi connectivity index (χ3n) is 0.864. The number of methoxy groups -OCH3 is 1. The summed E-state index contributed by atoms with van der Waals surface area (Å²) in [5, 5.41) is 0. The van der Waals surface area contributed by atoms with Crippen LogP contribution in [-0.4, -0.2) is 30.7 Å². The van der Waals surface area contributed by atoms with Crippen molar-refractivity contribution in [2.75, 3.05) is 7.11 Å². The fraction of sp³-hybridized carbons (Fsp3) is 0.750. The number of hydrogen-bond acceptors (Lipinski definition) is 2. The average molecular weight is 211 g/mol. The minimum absolute atomic E-state index is 0.410. The minimum atomic E-state index is -5.84. The monoisotopic (exact) mass is 211 g/mol. The zero-order chi connectivity index (χ0) is 10.9. The molecule has 0 aromatic rings. The summed E-state index contributed by atoms with van der Waals surface area (Å²) in [4.78, 5) is 7.81. The van der Waals surface area contributed by atoms with Gasteiger partial charge in [-0.05, 0) is 0 Å². The molecule has 0 aromatic heterocycles. The molecule has 0 rings (SSSR count). The van der Waals surface area contributed by atoms with Crippen LogP contribution in [0.4, 0.5) is 31.1 Å². The van der Waals surface area contributed by atoms with Crippen LogP contribution in [0.15, 0.2) is 0 Å². The van der Waals surface area contributed by atoms with E-state index in [-0.39, 0.29) is 0 Å². The lowest BCUT2D eigenvalue weighted by Crippen LogP contribution is -2.51. The molecule has 0 aliphatic heterocycles. The molecule has 13 heavy (non-hydrogen) atoms. The summed E-state index contributed by atoms with van der Waals surface area (Å²) in [6.45, 7) is 0. The van der Waals surface area contributed by atoms with E-state index in [9.17, 15) is 31.1 Å². The highest BCUT2D eigenvalue weighted by Crippen LogP contribution is 2.33. The van der Waals surface area contributed by atoms with Crippen molar-refractivity contribution in [1.29, 1.82) is 0 Å². The second-order valence-corrected chi connectivity index (χ2v) is 1.74. The molecule has 0 fully saturated rings. The molecule has 3 nitrogen and oxygen atoms in total. The van der Waals surface area contributed by atoms with Crippen molar-refractivity contribution in [3.05, 3.63) is 0 Å². The first-order valence-corrected chi connectivity index (χ1v) is 2.62. The molecule has 0 spiro atoms. The van der Waals surface area contributed by atoms with Crippen LogP contribution in [0.3, 0.4) is 0 Å². The molecular weight excluding hydrogens is 208 g/mol. The van der Waals surface area contributed by atoms with Crippen LogP contribution in [0, 0.1) is 0 Å². The van der Waals surface area contributed by atoms with Gasteiger partial charge in [0.25, 0.3) is 0 Å². The van der Waals surface area contributed by atoms with Gasteiger partial charge in [-0.3, -0.25) is 0 Å². The molecule has 0 unspecified atom stereocenters. The van der Waals surface area contributed by atoms with Crippen molar-refractivity contribution in [2.24, 2.45) is 0 Å². The normalized spacial score (nSPS) is 12.5. The van der Waals surface area contributed by atoms with E-state index < -0.39 is 23.6 Å². The third-order valence-corrected chi connectivity index (χ3v) is 0.864. The lowest BCUT2D eigenvalue weighted by molar-refractivity contribution is -0.352. The number of carbonyl (C=O) groups excluding carboxylic acids is 1. The largest absolute Gasteiger partial charge is 0.496 e. The molecule has 0 saturated heterocycles. The van der Waals surface area contributed by atoms with Crippen molar-refractivity contribution in [3.63, 3.8) is 0 Å². The molecule has 0 aliphatic rings. The summed E-state index contributed by atoms with van der Waals surface area (Å²) < 4.78 is 72.7. The Labute approximate surface area is 67.9 Å². The number of alkyl halides is 6. The van der Waals surface area contributed by atoms with Gasteiger partial charge < -0.3 is 4.74 Å². The smallest absolute Gasteiger partial charge is 0.452 e. The zero-order valence-electron chi connectivity index (χ0n) is 6.03. The molecule has 0 bridgehead atoms. The molecule has 0 radical (unpaired) electrons. The van der Waals surface area contributed by atoms with Crippen LogP contribution in [-0.2, 0) is 4.74 Å². The maximum absolute atomic E-state index is 11.6. The number of hydrogen-bond donors (Lipinski definition) is 0. The highest BCUT2D eigenvalue weighted by molar-refractivity contribution is 5.68. The van der Waals surface area contributed by atoms with E-state index in [1.54, 1.807) is 0 Å². The van der Waals surface area contributed by atoms with Crippen molar-refractivity contribution in [1.82, 2.24) is 4.90 Å². The van der Waals surface area contributed by atoms with E-state index in [0.717, 1.165) is 0 Å². The van der Waals surface area contributed by atoms with Gasteiger partial charge in [-0.25, -0.2) is 4.79 Å². The molecule has 0 saturated carbocycles. The Morgan fingerprint density at radius 2 is 1.38 bits per heavy atom. The zero-order valence-corrected chi connectivity index (χ0v) is 6.03. The van der Waals surface area contributed by atoms with Gasteiger partial charge in [0.2, 0.25) is 0 Å². The summed E-state index contributed by atoms with van der Waals surface area (Å²) in [6, 6.07) is 0. The summed E-state index contributed by atoms with van der Waals surface area (Å²) >= 11 is 0. The number of nitrogens with zero attached hydrogens (tertiary/aromatic N) is 1. The predicted octanol–water partition coefficient (Wildman–Crippen LogP) is 2.09. The lowest BCUT2D eigenvalue weighted by atomic mass is 10.7. The summed E-state index contributed by atoms with van der Waals surface area (Å²) in [5.41, 5.74) is 0. The van der Waals surface area contributed by atoms with E-state index in [1.807, 2.05) is 0 Å². The second-order valence-electron chi connectivity index (χ2n) is 1.74. The van der Waals surface area contributed by atoms with Crippen LogP contribution < -0.4 is 0 Å². The van der Waals surface area contributed by atoms with Gasteiger partial charge in [-0.15, -0.1) is 31.2 Å². The molecule has 1 amide bonds. The van der Waals surface area contributed by atoms with Crippen molar-refractivity contribution >= 4 is 6.09 Å². The molecule has 0 atom stereocenters. The summed E-state index contributed by atoms with van der Waals surface area (Å²) in [6.07, 6.45) is -14.2. The molecule has 0 aromatic carbocycles. The molecule has 0 aliphatic carbocycles. The standard InChI is InChI=1S/C4H3F6NO2/c1-13-2(12)11(3(5,6)7)4(8,9)10/h1H3. The van der Waals surface area contributed by atoms with Crippen LogP contribution in [0.25, 0.3) is 0 Å². The van der Waals surface area contributed by atoms with Gasteiger partial charge in [-0.2, -0.15) is 0 Å². The van der Waals surface area contributed by atoms with E-state index in [2.05, 4.69) is 4.74 Å². The Hall–Kier alpha value is -1.15. The maximum atomic E-state index is 11.6. The predicted molar refractivity (Wildman–Crippen MR) is 26.4 cm³/mol. The number of amides is 1. The van der Waals surface area contributed by atoms with Crippen LogP contribution in [0.5, 0.6) is 0 Å². The Balaban J connectivity index is 4.89. The van der Waals surface area contributed by atoms with Crippen molar-refractivity contribution < 1.29 is 35.9 Å². The van der Waals surface area contributed by atoms with Gasteiger partial charge in [0.05, 0.1) is 7.11 Å². The van der Waals surface area contributed by atoms with Crippen molar-refractivity contribution in [3.8, 4) is 0 Å². The van der Waals surface area contributed by atoms with E-state index >= 15 is 0 Å². The van der Waals surface area contributed by atoms with Crippen LogP contribution in [0.1, 0.15) is 0 Å². The first-order chi connectivity index (χ1) is 5.60. The number of ether oxygens (including phenoxy) is 1. The summed E-state index contributed by atoms with van der Waals surface area (Å²) in [7, 11) is 0.410. The SMILES string of the molecule is COC(=O)N(C(F)(F)F)C(F)(F)F. The first kappa shape index (κ1) is 11.8. The molecule has 9 heteroatoms. The van der Waals surface area contributed by atoms with Gasteiger partial charge in [0.1, 0.15) is 0 Å². The number of halogens is 6. The highest BCUT2D eigenvalue weighted by Gasteiger charge is 2.58. The second kappa shape index (κ2) is 3.30. The molecular formula is C4H3F6NO2. The molecule has 0 heterocycles. The van der Waals surface area contributed by atoms with E-state index in [0.29, 0.717) is 7.11 Å². The lowest BCUT2D eigenvalue weighted by Gasteiger charge is -2.24. The molecule has 78 valence electrons. The van der Waals surface area contributed by atoms with Crippen LogP contribution in [0.2, 0.25) is 0 Å². The molecule has 0 N–H and O–H groups in total. The van der Waals surface area contributed by atoms with Gasteiger partial charge >= 0.3 is 18.7 Å². The Morgan fingerprint density at radius 1 is 1.08 bits per heavy atom. The first-order valence-electron chi connectivity index (χ1n) is 2.62. The summed E-state index contributed by atoms with van der Waals surface area (Å²) in [5.74, 6) is 0. The number of carbonyl (C=O) groups is 1.